The van der Waals surface area contributed by atoms with Gasteiger partial charge in [0.25, 0.3) is 0 Å². The van der Waals surface area contributed by atoms with Gasteiger partial charge < -0.3 is 0 Å². The van der Waals surface area contributed by atoms with Crippen molar-refractivity contribution in [3.63, 3.8) is 0 Å². The molecule has 0 atom stereocenters. The van der Waals surface area contributed by atoms with Crippen LogP contribution >= 0.6 is 0 Å². The van der Waals surface area contributed by atoms with E-state index in [1.54, 1.807) is 0 Å². The summed E-state index contributed by atoms with van der Waals surface area (Å²) in [7, 11) is 0. The molecule has 9 aromatic carbocycles. The van der Waals surface area contributed by atoms with Gasteiger partial charge in [-0.1, -0.05) is 187 Å². The van der Waals surface area contributed by atoms with Crippen molar-refractivity contribution < 1.29 is 0 Å². The van der Waals surface area contributed by atoms with E-state index in [9.17, 15) is 0 Å². The largest absolute Gasteiger partial charge is 0.279 e. The van der Waals surface area contributed by atoms with Gasteiger partial charge in [-0.15, -0.1) is 0 Å². The van der Waals surface area contributed by atoms with Crippen LogP contribution in [-0.2, 0) is 0 Å². The van der Waals surface area contributed by atoms with Crippen molar-refractivity contribution >= 4 is 28.1 Å². The van der Waals surface area contributed by atoms with Gasteiger partial charge in [-0.25, -0.2) is 4.98 Å². The van der Waals surface area contributed by atoms with Gasteiger partial charge in [-0.3, -0.25) is 4.90 Å². The lowest BCUT2D eigenvalue weighted by atomic mass is 9.77. The highest BCUT2D eigenvalue weighted by molar-refractivity contribution is 5.89. The van der Waals surface area contributed by atoms with Crippen molar-refractivity contribution in [1.29, 1.82) is 0 Å². The number of hydrogen-bond donors (Lipinski definition) is 0. The molecule has 0 saturated carbocycles. The van der Waals surface area contributed by atoms with Crippen LogP contribution in [0.5, 0.6) is 0 Å². The van der Waals surface area contributed by atoms with Crippen LogP contribution in [0, 0.1) is 41.5 Å². The standard InChI is InChI=1S/C62H52N4/c1-40-35-42(3)57(43(4)36-40)59(58-44(5)37-41(2)38-45(58)6)49-30-32-53(33-31-49)66(54-34-29-46-17-13-14-22-52(46)39-54)62-64-60(50-20-11-8-12-21-50)63-61(65-62)51-27-25-48(26-28-51)56-24-16-15-23-55(56)47-18-9-7-10-19-47/h7-39,59H,1-6H3. The predicted octanol–water partition coefficient (Wildman–Crippen LogP) is 16.2. The SMILES string of the molecule is Cc1cc(C)c(C(c2ccc(N(c3ccc4ccccc4c3)c3nc(-c4ccccc4)nc(-c4ccc(-c5ccccc5-c5ccccc5)cc4)n3)cc2)c2c(C)cc(C)cc2C)c(C)c1. The van der Waals surface area contributed by atoms with Crippen molar-refractivity contribution in [1.82, 2.24) is 15.0 Å². The number of hydrogen-bond acceptors (Lipinski definition) is 4. The van der Waals surface area contributed by atoms with Crippen molar-refractivity contribution in [3.8, 4) is 45.0 Å². The molecular formula is C62H52N4. The lowest BCUT2D eigenvalue weighted by Crippen LogP contribution is -2.16. The van der Waals surface area contributed by atoms with Gasteiger partial charge in [0.1, 0.15) is 0 Å². The van der Waals surface area contributed by atoms with E-state index in [-0.39, 0.29) is 5.92 Å². The average Bonchev–Trinajstić information content (AvgIpc) is 3.34. The third-order valence-corrected chi connectivity index (χ3v) is 12.9. The molecule has 4 nitrogen and oxygen atoms in total. The molecule has 0 amide bonds. The van der Waals surface area contributed by atoms with E-state index in [1.165, 1.54) is 72.1 Å². The van der Waals surface area contributed by atoms with Crippen molar-refractivity contribution in [2.24, 2.45) is 0 Å². The molecule has 1 aromatic heterocycles. The molecule has 1 heterocycles. The maximum absolute atomic E-state index is 5.35. The van der Waals surface area contributed by atoms with Crippen LogP contribution in [0.3, 0.4) is 0 Å². The second kappa shape index (κ2) is 17.9. The molecule has 320 valence electrons. The van der Waals surface area contributed by atoms with Crippen molar-refractivity contribution in [2.75, 3.05) is 4.90 Å². The van der Waals surface area contributed by atoms with Crippen LogP contribution in [0.4, 0.5) is 17.3 Å². The quantitative estimate of drug-likeness (QED) is 0.129. The smallest absolute Gasteiger partial charge is 0.238 e. The Labute approximate surface area is 389 Å². The molecular weight excluding hydrogens is 801 g/mol. The minimum Gasteiger partial charge on any atom is -0.279 e. The Hall–Kier alpha value is -7.95. The number of fused-ring (bicyclic) bond motifs is 1. The number of rotatable bonds is 10. The highest BCUT2D eigenvalue weighted by atomic mass is 15.3. The van der Waals surface area contributed by atoms with Crippen molar-refractivity contribution in [2.45, 2.75) is 47.5 Å². The third-order valence-electron chi connectivity index (χ3n) is 12.9. The summed E-state index contributed by atoms with van der Waals surface area (Å²) in [5.74, 6) is 1.78. The molecule has 0 spiro atoms. The minimum absolute atomic E-state index is 0.0467. The number of benzene rings is 9. The van der Waals surface area contributed by atoms with Gasteiger partial charge in [0.2, 0.25) is 5.95 Å². The van der Waals surface area contributed by atoms with Gasteiger partial charge in [-0.05, 0) is 138 Å². The summed E-state index contributed by atoms with van der Waals surface area (Å²) in [6.07, 6.45) is 0. The summed E-state index contributed by atoms with van der Waals surface area (Å²) >= 11 is 0. The summed E-state index contributed by atoms with van der Waals surface area (Å²) in [5, 5.41) is 2.30. The minimum atomic E-state index is 0.0467. The number of anilines is 3. The predicted molar refractivity (Wildman–Crippen MR) is 276 cm³/mol. The van der Waals surface area contributed by atoms with Crippen molar-refractivity contribution in [3.05, 3.63) is 250 Å². The molecule has 10 rings (SSSR count). The summed E-state index contributed by atoms with van der Waals surface area (Å²) in [6, 6.07) is 71.4. The number of aromatic nitrogens is 3. The first-order valence-electron chi connectivity index (χ1n) is 22.8. The lowest BCUT2D eigenvalue weighted by Gasteiger charge is -2.28. The van der Waals surface area contributed by atoms with E-state index < -0.39 is 0 Å². The highest BCUT2D eigenvalue weighted by Gasteiger charge is 2.26. The van der Waals surface area contributed by atoms with E-state index in [2.05, 4.69) is 228 Å². The zero-order chi connectivity index (χ0) is 45.3. The first kappa shape index (κ1) is 42.0. The molecule has 0 saturated heterocycles. The zero-order valence-corrected chi connectivity index (χ0v) is 38.4. The van der Waals surface area contributed by atoms with Gasteiger partial charge >= 0.3 is 0 Å². The summed E-state index contributed by atoms with van der Waals surface area (Å²) < 4.78 is 0. The second-order valence-corrected chi connectivity index (χ2v) is 17.7. The van der Waals surface area contributed by atoms with E-state index in [0.29, 0.717) is 17.6 Å². The summed E-state index contributed by atoms with van der Waals surface area (Å²) in [5.41, 5.74) is 20.1. The maximum Gasteiger partial charge on any atom is 0.238 e. The Kier molecular flexibility index (Phi) is 11.4. The molecule has 0 unspecified atom stereocenters. The van der Waals surface area contributed by atoms with Gasteiger partial charge in [-0.2, -0.15) is 9.97 Å². The lowest BCUT2D eigenvalue weighted by molar-refractivity contribution is 0.919. The molecule has 0 fully saturated rings. The fourth-order valence-corrected chi connectivity index (χ4v) is 10.00. The molecule has 0 bridgehead atoms. The normalized spacial score (nSPS) is 11.3. The number of nitrogens with zero attached hydrogens (tertiary/aromatic N) is 4. The maximum atomic E-state index is 5.35. The van der Waals surface area contributed by atoms with Gasteiger partial charge in [0.15, 0.2) is 11.6 Å². The van der Waals surface area contributed by atoms with E-state index in [0.717, 1.165) is 33.5 Å². The Morgan fingerprint density at radius 1 is 0.348 bits per heavy atom. The van der Waals surface area contributed by atoms with Crippen LogP contribution in [0.15, 0.2) is 200 Å². The highest BCUT2D eigenvalue weighted by Crippen LogP contribution is 2.42. The van der Waals surface area contributed by atoms with Crippen LogP contribution in [0.2, 0.25) is 0 Å². The van der Waals surface area contributed by atoms with E-state index in [4.69, 9.17) is 15.0 Å². The molecule has 0 N–H and O–H groups in total. The molecule has 0 aliphatic carbocycles. The monoisotopic (exact) mass is 852 g/mol. The molecule has 4 heteroatoms. The van der Waals surface area contributed by atoms with E-state index in [1.807, 2.05) is 18.2 Å². The first-order chi connectivity index (χ1) is 32.2. The first-order valence-corrected chi connectivity index (χ1v) is 22.8. The van der Waals surface area contributed by atoms with Crippen LogP contribution in [-0.4, -0.2) is 15.0 Å². The second-order valence-electron chi connectivity index (χ2n) is 17.7. The van der Waals surface area contributed by atoms with E-state index >= 15 is 0 Å². The number of aryl methyl sites for hydroxylation is 6. The Morgan fingerprint density at radius 2 is 0.773 bits per heavy atom. The molecule has 10 aromatic rings. The topological polar surface area (TPSA) is 41.9 Å². The molecule has 66 heavy (non-hydrogen) atoms. The van der Waals surface area contributed by atoms with Crippen LogP contribution < -0.4 is 4.90 Å². The van der Waals surface area contributed by atoms with Gasteiger partial charge in [0, 0.05) is 28.4 Å². The summed E-state index contributed by atoms with van der Waals surface area (Å²) in [6.45, 7) is 13.4. The fraction of sp³-hybridized carbons (Fsp3) is 0.113. The Balaban J connectivity index is 1.13. The molecule has 0 radical (unpaired) electrons. The van der Waals surface area contributed by atoms with Gasteiger partial charge in [0.05, 0.1) is 0 Å². The average molecular weight is 853 g/mol. The zero-order valence-electron chi connectivity index (χ0n) is 38.4. The third kappa shape index (κ3) is 8.30. The summed E-state index contributed by atoms with van der Waals surface area (Å²) in [4.78, 5) is 18.0. The fourth-order valence-electron chi connectivity index (χ4n) is 10.00. The Morgan fingerprint density at radius 3 is 1.32 bits per heavy atom. The van der Waals surface area contributed by atoms with Crippen LogP contribution in [0.1, 0.15) is 56.0 Å². The molecule has 0 aliphatic heterocycles. The molecule has 0 aliphatic rings. The van der Waals surface area contributed by atoms with Crippen LogP contribution in [0.25, 0.3) is 55.8 Å². The Bertz CT molecular complexity index is 3250.